The van der Waals surface area contributed by atoms with Gasteiger partial charge in [0.1, 0.15) is 0 Å². The van der Waals surface area contributed by atoms with E-state index in [1.165, 1.54) is 90.2 Å². The quantitative estimate of drug-likeness (QED) is 0.0659. The fourth-order valence-corrected chi connectivity index (χ4v) is 7.94. The largest absolute Gasteiger partial charge is 3.00 e. The molecule has 2 amide bonds. The summed E-state index contributed by atoms with van der Waals surface area (Å²) in [6.45, 7) is 2.65. The van der Waals surface area contributed by atoms with E-state index in [1.54, 1.807) is 48.5 Å². The molecule has 0 bridgehead atoms. The number of nitro groups is 2. The predicted octanol–water partition coefficient (Wildman–Crippen LogP) is 9.89. The van der Waals surface area contributed by atoms with Gasteiger partial charge in [-0.15, -0.1) is 0 Å². The van der Waals surface area contributed by atoms with Gasteiger partial charge in [0.15, 0.2) is 0 Å². The Labute approximate surface area is 403 Å². The van der Waals surface area contributed by atoms with Crippen molar-refractivity contribution in [3.05, 3.63) is 117 Å². The maximum atomic E-state index is 12.3. The molecule has 68 heavy (non-hydrogen) atoms. The SMILES string of the molecule is C1CCC(NC2CCCCC2)CC1.CC(=O)Nc1cccc2ccc([O-])c(N=Nc3cc([N+](=O)[O-])ccc3[O-])c12.CC(=O)Nc1cccc2ccc([O-])c(N=Nc3cc([N+](=O)[O-])ccc3[O-])c12.[Cr+3].[H+]. The van der Waals surface area contributed by atoms with Crippen LogP contribution in [0.25, 0.3) is 21.5 Å². The van der Waals surface area contributed by atoms with Crippen LogP contribution in [0.1, 0.15) is 79.5 Å². The number of fused-ring (bicyclic) bond motifs is 2. The number of benzene rings is 6. The first kappa shape index (κ1) is 51.5. The Balaban J connectivity index is 0.000000235. The fourth-order valence-electron chi connectivity index (χ4n) is 7.94. The molecule has 20 heteroatoms. The maximum absolute atomic E-state index is 12.3. The first-order valence-corrected chi connectivity index (χ1v) is 21.7. The van der Waals surface area contributed by atoms with Crippen LogP contribution < -0.4 is 36.4 Å². The van der Waals surface area contributed by atoms with E-state index < -0.39 is 32.8 Å². The first-order chi connectivity index (χ1) is 32.2. The summed E-state index contributed by atoms with van der Waals surface area (Å²) in [5, 5.41) is 96.4. The van der Waals surface area contributed by atoms with E-state index in [0.29, 0.717) is 32.9 Å². The van der Waals surface area contributed by atoms with Crippen LogP contribution in [0.3, 0.4) is 0 Å². The standard InChI is InChI=1S/2C18H14N4O5.C12H23N.Cr/c2*1-10(23)19-13-4-2-3-11-5-7-16(25)18(17(11)13)21-20-14-9-12(22(26)27)6-8-15(14)24;1-3-7-11(8-4-1)13-12-9-5-2-6-10-12;/h2*2-9,24-25H,1H3,(H,19,23);11-13H,1-10H2;/q;;;+3/p-3. The van der Waals surface area contributed by atoms with Crippen molar-refractivity contribution in [3.63, 3.8) is 0 Å². The molecular formula is C48H48CrN9O10. The average Bonchev–Trinajstić information content (AvgIpc) is 3.30. The summed E-state index contributed by atoms with van der Waals surface area (Å²) < 4.78 is 0. The van der Waals surface area contributed by atoms with Gasteiger partial charge in [0.25, 0.3) is 11.4 Å². The van der Waals surface area contributed by atoms with Gasteiger partial charge in [-0.05, 0) is 48.6 Å². The van der Waals surface area contributed by atoms with Crippen LogP contribution in [0, 0.1) is 20.2 Å². The molecule has 2 aliphatic carbocycles. The molecule has 351 valence electrons. The van der Waals surface area contributed by atoms with Gasteiger partial charge in [-0.1, -0.05) is 122 Å². The molecule has 2 fully saturated rings. The Morgan fingerprint density at radius 2 is 0.897 bits per heavy atom. The maximum Gasteiger partial charge on any atom is 3.00 e. The topological polar surface area (TPSA) is 298 Å². The molecule has 0 unspecified atom stereocenters. The number of nitrogens with zero attached hydrogens (tertiary/aromatic N) is 6. The Morgan fingerprint density at radius 1 is 0.529 bits per heavy atom. The smallest absolute Gasteiger partial charge is 0.871 e. The number of nitro benzene ring substituents is 2. The van der Waals surface area contributed by atoms with Crippen molar-refractivity contribution in [1.29, 1.82) is 0 Å². The minimum atomic E-state index is -0.662. The van der Waals surface area contributed by atoms with Crippen molar-refractivity contribution < 1.29 is 58.6 Å². The number of amides is 2. The molecule has 0 heterocycles. The number of azo groups is 2. The predicted molar refractivity (Wildman–Crippen MR) is 247 cm³/mol. The molecule has 1 radical (unpaired) electrons. The van der Waals surface area contributed by atoms with E-state index in [4.69, 9.17) is 0 Å². The molecule has 6 aromatic rings. The number of anilines is 2. The Morgan fingerprint density at radius 3 is 1.25 bits per heavy atom. The van der Waals surface area contributed by atoms with E-state index >= 15 is 0 Å². The summed E-state index contributed by atoms with van der Waals surface area (Å²) in [4.78, 5) is 43.2. The fraction of sp³-hybridized carbons (Fsp3) is 0.292. The summed E-state index contributed by atoms with van der Waals surface area (Å²) in [5.41, 5.74) is -0.590. The molecule has 0 spiro atoms. The third kappa shape index (κ3) is 13.8. The van der Waals surface area contributed by atoms with Gasteiger partial charge >= 0.3 is 18.8 Å². The van der Waals surface area contributed by atoms with Crippen molar-refractivity contribution in [2.45, 2.75) is 90.1 Å². The van der Waals surface area contributed by atoms with Gasteiger partial charge in [-0.25, -0.2) is 0 Å². The normalized spacial score (nSPS) is 14.0. The van der Waals surface area contributed by atoms with Crippen molar-refractivity contribution >= 4 is 78.9 Å². The number of hydrogen-bond acceptors (Lipinski definition) is 15. The number of rotatable bonds is 10. The van der Waals surface area contributed by atoms with Crippen LogP contribution in [-0.4, -0.2) is 33.7 Å². The van der Waals surface area contributed by atoms with E-state index in [-0.39, 0.29) is 64.7 Å². The summed E-state index contributed by atoms with van der Waals surface area (Å²) in [6, 6.07) is 23.7. The van der Waals surface area contributed by atoms with Gasteiger partial charge in [-0.2, -0.15) is 20.5 Å². The third-order valence-electron chi connectivity index (χ3n) is 11.1. The van der Waals surface area contributed by atoms with Crippen LogP contribution in [0.5, 0.6) is 23.0 Å². The molecule has 0 aliphatic heterocycles. The molecule has 8 rings (SSSR count). The number of hydrogen-bond donors (Lipinski definition) is 3. The van der Waals surface area contributed by atoms with Crippen LogP contribution in [-0.2, 0) is 27.0 Å². The summed E-state index contributed by atoms with van der Waals surface area (Å²) in [5.74, 6) is -2.74. The van der Waals surface area contributed by atoms with Crippen molar-refractivity contribution in [2.75, 3.05) is 10.6 Å². The van der Waals surface area contributed by atoms with Gasteiger partial charge in [0.05, 0.1) is 44.0 Å². The third-order valence-corrected chi connectivity index (χ3v) is 11.1. The molecule has 0 aromatic heterocycles. The minimum Gasteiger partial charge on any atom is -0.871 e. The van der Waals surface area contributed by atoms with E-state index in [2.05, 4.69) is 36.4 Å². The van der Waals surface area contributed by atoms with Crippen LogP contribution in [0.2, 0.25) is 0 Å². The first-order valence-electron chi connectivity index (χ1n) is 21.7. The van der Waals surface area contributed by atoms with Crippen LogP contribution >= 0.6 is 0 Å². The second kappa shape index (κ2) is 24.3. The van der Waals surface area contributed by atoms with Gasteiger partial charge < -0.3 is 36.4 Å². The van der Waals surface area contributed by atoms with Gasteiger partial charge in [-0.3, -0.25) is 29.8 Å². The molecule has 19 nitrogen and oxygen atoms in total. The monoisotopic (exact) mass is 962 g/mol. The van der Waals surface area contributed by atoms with E-state index in [9.17, 15) is 50.2 Å². The van der Waals surface area contributed by atoms with Crippen molar-refractivity contribution in [3.8, 4) is 23.0 Å². The molecular weight excluding hydrogens is 915 g/mol. The second-order valence-electron chi connectivity index (χ2n) is 16.0. The van der Waals surface area contributed by atoms with E-state index in [0.717, 1.165) is 48.5 Å². The zero-order valence-corrected chi connectivity index (χ0v) is 38.4. The number of carbonyl (C=O) groups is 2. The molecule has 2 saturated carbocycles. The summed E-state index contributed by atoms with van der Waals surface area (Å²) in [6.07, 6.45) is 14.6. The Hall–Kier alpha value is -7.53. The summed E-state index contributed by atoms with van der Waals surface area (Å²) in [7, 11) is 0. The van der Waals surface area contributed by atoms with Crippen LogP contribution in [0.4, 0.5) is 45.5 Å². The number of non-ortho nitro benzene ring substituents is 2. The summed E-state index contributed by atoms with van der Waals surface area (Å²) >= 11 is 0. The minimum absolute atomic E-state index is 0. The number of carbonyl (C=O) groups excluding carboxylic acids is 2. The average molecular weight is 963 g/mol. The zero-order chi connectivity index (χ0) is 48.0. The molecule has 0 saturated heterocycles. The van der Waals surface area contributed by atoms with Crippen molar-refractivity contribution in [2.24, 2.45) is 20.5 Å². The number of nitrogens with one attached hydrogen (secondary N) is 3. The van der Waals surface area contributed by atoms with Crippen molar-refractivity contribution in [1.82, 2.24) is 5.32 Å². The van der Waals surface area contributed by atoms with E-state index in [1.807, 2.05) is 0 Å². The van der Waals surface area contributed by atoms with Crippen LogP contribution in [0.15, 0.2) is 118 Å². The molecule has 6 aromatic carbocycles. The molecule has 0 atom stereocenters. The van der Waals surface area contributed by atoms with Gasteiger partial charge in [0, 0.05) is 61.0 Å². The molecule has 3 N–H and O–H groups in total. The second-order valence-corrected chi connectivity index (χ2v) is 16.0. The Bertz CT molecular complexity index is 2660. The van der Waals surface area contributed by atoms with Gasteiger partial charge in [0.2, 0.25) is 11.8 Å². The zero-order valence-electron chi connectivity index (χ0n) is 38.1. The Kier molecular flexibility index (Phi) is 18.4. The molecule has 2 aliphatic rings.